The molecule has 5 atom stereocenters. The molecule has 2 aliphatic rings. The van der Waals surface area contributed by atoms with Gasteiger partial charge in [-0.1, -0.05) is 34.1 Å². The molecule has 0 radical (unpaired) electrons. The van der Waals surface area contributed by atoms with Gasteiger partial charge in [0.05, 0.1) is 14.2 Å². The van der Waals surface area contributed by atoms with E-state index in [1.54, 1.807) is 20.3 Å². The number of carbonyl (C=O) groups is 1. The Kier molecular flexibility index (Phi) is 5.82. The summed E-state index contributed by atoms with van der Waals surface area (Å²) in [6.07, 6.45) is 4.42. The molecule has 0 heterocycles. The van der Waals surface area contributed by atoms with Gasteiger partial charge in [0.2, 0.25) is 0 Å². The number of ketones is 1. The third-order valence-corrected chi connectivity index (χ3v) is 7.95. The summed E-state index contributed by atoms with van der Waals surface area (Å²) in [4.78, 5) is 13.9. The predicted molar refractivity (Wildman–Crippen MR) is 111 cm³/mol. The van der Waals surface area contributed by atoms with Crippen molar-refractivity contribution in [1.29, 1.82) is 0 Å². The maximum absolute atomic E-state index is 13.9. The molecule has 28 heavy (non-hydrogen) atoms. The molecule has 0 bridgehead atoms. The van der Waals surface area contributed by atoms with Gasteiger partial charge in [-0.25, -0.2) is 0 Å². The quantitative estimate of drug-likeness (QED) is 0.723. The van der Waals surface area contributed by atoms with Crippen LogP contribution in [0.15, 0.2) is 18.2 Å². The average Bonchev–Trinajstić information content (AvgIpc) is 2.66. The summed E-state index contributed by atoms with van der Waals surface area (Å²) in [5, 5.41) is 10.1. The summed E-state index contributed by atoms with van der Waals surface area (Å²) in [7, 11) is 3.21. The SMILES string of the molecule is COc1cc(OC)cc(C(=O)C2C(C)C(CO)CC3C(C)(C)CCCC23C)c1. The van der Waals surface area contributed by atoms with Crippen molar-refractivity contribution >= 4 is 5.78 Å². The normalized spacial score (nSPS) is 34.4. The van der Waals surface area contributed by atoms with E-state index >= 15 is 0 Å². The number of benzene rings is 1. The molecule has 1 aromatic carbocycles. The summed E-state index contributed by atoms with van der Waals surface area (Å²) >= 11 is 0. The Morgan fingerprint density at radius 3 is 2.25 bits per heavy atom. The first-order valence-electron chi connectivity index (χ1n) is 10.6. The van der Waals surface area contributed by atoms with Crippen molar-refractivity contribution in [1.82, 2.24) is 0 Å². The summed E-state index contributed by atoms with van der Waals surface area (Å²) < 4.78 is 10.8. The van der Waals surface area contributed by atoms with Crippen molar-refractivity contribution in [2.24, 2.45) is 34.5 Å². The fraction of sp³-hybridized carbons (Fsp3) is 0.708. The molecule has 0 saturated heterocycles. The van der Waals surface area contributed by atoms with Crippen LogP contribution in [0.4, 0.5) is 0 Å². The van der Waals surface area contributed by atoms with Gasteiger partial charge in [0.25, 0.3) is 0 Å². The van der Waals surface area contributed by atoms with Gasteiger partial charge in [-0.15, -0.1) is 0 Å². The highest BCUT2D eigenvalue weighted by atomic mass is 16.5. The fourth-order valence-electron chi connectivity index (χ4n) is 6.42. The molecule has 4 nitrogen and oxygen atoms in total. The van der Waals surface area contributed by atoms with Crippen LogP contribution in [0.5, 0.6) is 11.5 Å². The van der Waals surface area contributed by atoms with Crippen LogP contribution in [-0.2, 0) is 0 Å². The summed E-state index contributed by atoms with van der Waals surface area (Å²) in [6.45, 7) is 9.31. The van der Waals surface area contributed by atoms with Crippen LogP contribution < -0.4 is 9.47 Å². The number of aliphatic hydroxyl groups excluding tert-OH is 1. The van der Waals surface area contributed by atoms with Gasteiger partial charge in [-0.05, 0) is 60.0 Å². The number of fused-ring (bicyclic) bond motifs is 1. The van der Waals surface area contributed by atoms with Crippen LogP contribution in [0.2, 0.25) is 0 Å². The Morgan fingerprint density at radius 1 is 1.11 bits per heavy atom. The Balaban J connectivity index is 2.07. The lowest BCUT2D eigenvalue weighted by atomic mass is 9.44. The van der Waals surface area contributed by atoms with Crippen molar-refractivity contribution in [3.63, 3.8) is 0 Å². The molecule has 2 aliphatic carbocycles. The largest absolute Gasteiger partial charge is 0.497 e. The first-order valence-corrected chi connectivity index (χ1v) is 10.6. The smallest absolute Gasteiger partial charge is 0.167 e. The fourth-order valence-corrected chi connectivity index (χ4v) is 6.42. The third kappa shape index (κ3) is 3.45. The molecule has 4 heteroatoms. The van der Waals surface area contributed by atoms with Gasteiger partial charge in [0, 0.05) is 24.2 Å². The minimum atomic E-state index is -0.111. The molecular formula is C24H36O4. The number of carbonyl (C=O) groups excluding carboxylic acids is 1. The van der Waals surface area contributed by atoms with Crippen molar-refractivity contribution in [2.75, 3.05) is 20.8 Å². The van der Waals surface area contributed by atoms with Crippen LogP contribution in [0.25, 0.3) is 0 Å². The molecule has 0 amide bonds. The third-order valence-electron chi connectivity index (χ3n) is 7.95. The molecule has 0 aliphatic heterocycles. The van der Waals surface area contributed by atoms with Crippen LogP contribution in [0.1, 0.15) is 63.7 Å². The number of hydrogen-bond acceptors (Lipinski definition) is 4. The van der Waals surface area contributed by atoms with Crippen LogP contribution in [-0.4, -0.2) is 31.7 Å². The number of Topliss-reactive ketones (excluding diaryl/α,β-unsaturated/α-hetero) is 1. The van der Waals surface area contributed by atoms with Crippen molar-refractivity contribution in [3.05, 3.63) is 23.8 Å². The Bertz CT molecular complexity index is 703. The molecule has 1 N–H and O–H groups in total. The lowest BCUT2D eigenvalue weighted by Crippen LogP contribution is -2.56. The monoisotopic (exact) mass is 388 g/mol. The van der Waals surface area contributed by atoms with E-state index in [1.807, 2.05) is 12.1 Å². The molecule has 0 spiro atoms. The van der Waals surface area contributed by atoms with E-state index in [0.717, 1.165) is 19.3 Å². The van der Waals surface area contributed by atoms with E-state index in [0.29, 0.717) is 23.0 Å². The Labute approximate surface area is 169 Å². The highest BCUT2D eigenvalue weighted by Crippen LogP contribution is 2.62. The van der Waals surface area contributed by atoms with E-state index in [-0.39, 0.29) is 41.0 Å². The second kappa shape index (κ2) is 7.70. The van der Waals surface area contributed by atoms with Crippen LogP contribution in [0.3, 0.4) is 0 Å². The molecule has 156 valence electrons. The molecule has 2 fully saturated rings. The summed E-state index contributed by atoms with van der Waals surface area (Å²) in [6, 6.07) is 5.45. The molecule has 1 aromatic rings. The van der Waals surface area contributed by atoms with E-state index < -0.39 is 0 Å². The van der Waals surface area contributed by atoms with Crippen LogP contribution >= 0.6 is 0 Å². The van der Waals surface area contributed by atoms with Gasteiger partial charge < -0.3 is 14.6 Å². The molecule has 3 rings (SSSR count). The van der Waals surface area contributed by atoms with E-state index in [4.69, 9.17) is 9.47 Å². The number of ether oxygens (including phenoxy) is 2. The highest BCUT2D eigenvalue weighted by Gasteiger charge is 2.58. The lowest BCUT2D eigenvalue weighted by molar-refractivity contribution is -0.109. The second-order valence-electron chi connectivity index (χ2n) is 9.88. The highest BCUT2D eigenvalue weighted by molar-refractivity contribution is 5.99. The minimum absolute atomic E-state index is 0.0553. The zero-order valence-corrected chi connectivity index (χ0v) is 18.2. The Morgan fingerprint density at radius 2 is 1.71 bits per heavy atom. The first kappa shape index (κ1) is 21.2. The summed E-state index contributed by atoms with van der Waals surface area (Å²) in [5.74, 6) is 2.06. The maximum Gasteiger partial charge on any atom is 0.167 e. The van der Waals surface area contributed by atoms with Gasteiger partial charge in [-0.3, -0.25) is 4.79 Å². The second-order valence-corrected chi connectivity index (χ2v) is 9.88. The number of aliphatic hydroxyl groups is 1. The topological polar surface area (TPSA) is 55.8 Å². The standard InChI is InChI=1S/C24H36O4/c1-15-17(14-25)12-20-23(2,3)8-7-9-24(20,4)21(15)22(26)16-10-18(27-5)13-19(11-16)28-6/h10-11,13,15,17,20-21,25H,7-9,12,14H2,1-6H3. The maximum atomic E-state index is 13.9. The Hall–Kier alpha value is -1.55. The van der Waals surface area contributed by atoms with Crippen molar-refractivity contribution < 1.29 is 19.4 Å². The van der Waals surface area contributed by atoms with E-state index in [9.17, 15) is 9.90 Å². The van der Waals surface area contributed by atoms with Gasteiger partial charge >= 0.3 is 0 Å². The number of methoxy groups -OCH3 is 2. The molecule has 5 unspecified atom stereocenters. The average molecular weight is 389 g/mol. The molecule has 0 aromatic heterocycles. The number of rotatable bonds is 5. The zero-order valence-electron chi connectivity index (χ0n) is 18.2. The van der Waals surface area contributed by atoms with Crippen molar-refractivity contribution in [3.8, 4) is 11.5 Å². The van der Waals surface area contributed by atoms with Gasteiger partial charge in [0.15, 0.2) is 5.78 Å². The van der Waals surface area contributed by atoms with Crippen molar-refractivity contribution in [2.45, 2.75) is 53.4 Å². The van der Waals surface area contributed by atoms with Gasteiger partial charge in [-0.2, -0.15) is 0 Å². The lowest BCUT2D eigenvalue weighted by Gasteiger charge is -2.60. The van der Waals surface area contributed by atoms with E-state index in [2.05, 4.69) is 27.7 Å². The molecule has 2 saturated carbocycles. The summed E-state index contributed by atoms with van der Waals surface area (Å²) in [5.41, 5.74) is 0.778. The van der Waals surface area contributed by atoms with Crippen LogP contribution in [0, 0.1) is 34.5 Å². The van der Waals surface area contributed by atoms with Gasteiger partial charge in [0.1, 0.15) is 11.5 Å². The minimum Gasteiger partial charge on any atom is -0.497 e. The number of hydrogen-bond donors (Lipinski definition) is 1. The molecular weight excluding hydrogens is 352 g/mol. The first-order chi connectivity index (χ1) is 13.2. The van der Waals surface area contributed by atoms with E-state index in [1.165, 1.54) is 6.42 Å². The zero-order chi connectivity index (χ0) is 20.7. The predicted octanol–water partition coefficient (Wildman–Crippen LogP) is 4.98.